The second kappa shape index (κ2) is 7.22. The largest absolute Gasteiger partial charge is 0.398 e. The van der Waals surface area contributed by atoms with Crippen molar-refractivity contribution in [3.63, 3.8) is 0 Å². The van der Waals surface area contributed by atoms with Crippen molar-refractivity contribution in [2.45, 2.75) is 25.2 Å². The van der Waals surface area contributed by atoms with Gasteiger partial charge < -0.3 is 11.1 Å². The van der Waals surface area contributed by atoms with Crippen molar-refractivity contribution in [2.75, 3.05) is 18.0 Å². The predicted molar refractivity (Wildman–Crippen MR) is 74.0 cm³/mol. The molecular formula is C13H20N2OS. The normalized spacial score (nSPS) is 10.5. The first-order chi connectivity index (χ1) is 8.09. The minimum absolute atomic E-state index is 0.0684. The van der Waals surface area contributed by atoms with Crippen LogP contribution in [0.2, 0.25) is 0 Å². The first-order valence-electron chi connectivity index (χ1n) is 5.83. The summed E-state index contributed by atoms with van der Waals surface area (Å²) in [6.45, 7) is 5.04. The number of carbonyl (C=O) groups excluding carboxylic acids is 1. The average molecular weight is 252 g/mol. The number of hydrogen-bond donors (Lipinski definition) is 2. The van der Waals surface area contributed by atoms with Crippen molar-refractivity contribution in [1.82, 2.24) is 5.32 Å². The van der Waals surface area contributed by atoms with Crippen LogP contribution < -0.4 is 11.1 Å². The summed E-state index contributed by atoms with van der Waals surface area (Å²) in [6.07, 6.45) is 1.02. The molecule has 0 radical (unpaired) electrons. The van der Waals surface area contributed by atoms with E-state index in [9.17, 15) is 4.79 Å². The van der Waals surface area contributed by atoms with E-state index in [0.29, 0.717) is 11.7 Å². The van der Waals surface area contributed by atoms with Crippen molar-refractivity contribution >= 4 is 23.4 Å². The lowest BCUT2D eigenvalue weighted by Crippen LogP contribution is -2.26. The Bertz CT molecular complexity index is 366. The standard InChI is InChI=1S/C13H20N2OS/c1-10(2)7-8-15-13(16)9-17-12-6-4-3-5-11(12)14/h3-6,10H,7-9,14H2,1-2H3,(H,15,16). The zero-order valence-corrected chi connectivity index (χ0v) is 11.2. The van der Waals surface area contributed by atoms with E-state index in [1.165, 1.54) is 11.8 Å². The van der Waals surface area contributed by atoms with Gasteiger partial charge in [0.1, 0.15) is 0 Å². The molecule has 0 bridgehead atoms. The fourth-order valence-corrected chi connectivity index (χ4v) is 2.10. The Morgan fingerprint density at radius 2 is 2.12 bits per heavy atom. The van der Waals surface area contributed by atoms with Gasteiger partial charge in [0.2, 0.25) is 5.91 Å². The number of carbonyl (C=O) groups is 1. The summed E-state index contributed by atoms with van der Waals surface area (Å²) >= 11 is 1.48. The quantitative estimate of drug-likeness (QED) is 0.604. The van der Waals surface area contributed by atoms with Gasteiger partial charge in [0.15, 0.2) is 0 Å². The number of nitrogens with two attached hydrogens (primary N) is 1. The number of para-hydroxylation sites is 1. The van der Waals surface area contributed by atoms with Gasteiger partial charge >= 0.3 is 0 Å². The molecule has 0 aromatic heterocycles. The molecule has 0 atom stereocenters. The Hall–Kier alpha value is -1.16. The molecule has 0 aliphatic carbocycles. The van der Waals surface area contributed by atoms with Gasteiger partial charge in [-0.15, -0.1) is 11.8 Å². The summed E-state index contributed by atoms with van der Waals surface area (Å²) < 4.78 is 0. The first-order valence-corrected chi connectivity index (χ1v) is 6.82. The lowest BCUT2D eigenvalue weighted by atomic mass is 10.1. The maximum atomic E-state index is 11.5. The van der Waals surface area contributed by atoms with E-state index in [1.807, 2.05) is 24.3 Å². The van der Waals surface area contributed by atoms with Crippen LogP contribution in [0.3, 0.4) is 0 Å². The number of nitrogens with one attached hydrogen (secondary N) is 1. The monoisotopic (exact) mass is 252 g/mol. The van der Waals surface area contributed by atoms with Crippen LogP contribution in [0.15, 0.2) is 29.2 Å². The summed E-state index contributed by atoms with van der Waals surface area (Å²) in [5.41, 5.74) is 6.52. The van der Waals surface area contributed by atoms with E-state index in [1.54, 1.807) is 0 Å². The van der Waals surface area contributed by atoms with Crippen LogP contribution in [0.25, 0.3) is 0 Å². The van der Waals surface area contributed by atoms with E-state index < -0.39 is 0 Å². The van der Waals surface area contributed by atoms with E-state index in [-0.39, 0.29) is 5.91 Å². The van der Waals surface area contributed by atoms with E-state index in [4.69, 9.17) is 5.73 Å². The van der Waals surface area contributed by atoms with Crippen molar-refractivity contribution in [3.05, 3.63) is 24.3 Å². The third kappa shape index (κ3) is 5.63. The molecule has 3 N–H and O–H groups in total. The van der Waals surface area contributed by atoms with Crippen molar-refractivity contribution in [1.29, 1.82) is 0 Å². The predicted octanol–water partition coefficient (Wildman–Crippen LogP) is 2.52. The Kier molecular flexibility index (Phi) is 5.91. The Balaban J connectivity index is 2.26. The molecule has 3 nitrogen and oxygen atoms in total. The molecule has 0 spiro atoms. The lowest BCUT2D eigenvalue weighted by molar-refractivity contribution is -0.118. The molecular weight excluding hydrogens is 232 g/mol. The average Bonchev–Trinajstić information content (AvgIpc) is 2.27. The molecule has 1 amide bonds. The third-order valence-electron chi connectivity index (χ3n) is 2.32. The molecule has 0 unspecified atom stereocenters. The van der Waals surface area contributed by atoms with Gasteiger partial charge in [-0.3, -0.25) is 4.79 Å². The van der Waals surface area contributed by atoms with Crippen LogP contribution in [0.4, 0.5) is 5.69 Å². The SMILES string of the molecule is CC(C)CCNC(=O)CSc1ccccc1N. The van der Waals surface area contributed by atoms with Gasteiger partial charge in [-0.2, -0.15) is 0 Å². The highest BCUT2D eigenvalue weighted by molar-refractivity contribution is 8.00. The number of amides is 1. The second-order valence-corrected chi connectivity index (χ2v) is 5.38. The third-order valence-corrected chi connectivity index (χ3v) is 3.41. The summed E-state index contributed by atoms with van der Waals surface area (Å²) in [4.78, 5) is 12.5. The summed E-state index contributed by atoms with van der Waals surface area (Å²) in [5, 5.41) is 2.90. The molecule has 4 heteroatoms. The van der Waals surface area contributed by atoms with Crippen molar-refractivity contribution in [2.24, 2.45) is 5.92 Å². The zero-order valence-electron chi connectivity index (χ0n) is 10.4. The number of nitrogen functional groups attached to an aromatic ring is 1. The molecule has 0 saturated carbocycles. The van der Waals surface area contributed by atoms with Crippen LogP contribution in [-0.2, 0) is 4.79 Å². The molecule has 0 fully saturated rings. The topological polar surface area (TPSA) is 55.1 Å². The van der Waals surface area contributed by atoms with Gasteiger partial charge in [-0.25, -0.2) is 0 Å². The number of rotatable bonds is 6. The van der Waals surface area contributed by atoms with Crippen LogP contribution >= 0.6 is 11.8 Å². The van der Waals surface area contributed by atoms with Gasteiger partial charge in [0.25, 0.3) is 0 Å². The fraction of sp³-hybridized carbons (Fsp3) is 0.462. The molecule has 94 valence electrons. The van der Waals surface area contributed by atoms with Crippen LogP contribution in [0.5, 0.6) is 0 Å². The number of hydrogen-bond acceptors (Lipinski definition) is 3. The van der Waals surface area contributed by atoms with Crippen LogP contribution in [0, 0.1) is 5.92 Å². The fourth-order valence-electron chi connectivity index (χ4n) is 1.31. The minimum Gasteiger partial charge on any atom is -0.398 e. The second-order valence-electron chi connectivity index (χ2n) is 4.36. The molecule has 0 saturated heterocycles. The Labute approximate surface area is 107 Å². The molecule has 0 aliphatic heterocycles. The lowest BCUT2D eigenvalue weighted by Gasteiger charge is -2.07. The number of anilines is 1. The van der Waals surface area contributed by atoms with Gasteiger partial charge in [0, 0.05) is 17.1 Å². The number of benzene rings is 1. The summed E-state index contributed by atoms with van der Waals surface area (Å²) in [6, 6.07) is 7.60. The van der Waals surface area contributed by atoms with Crippen molar-refractivity contribution in [3.8, 4) is 0 Å². The van der Waals surface area contributed by atoms with E-state index in [2.05, 4.69) is 19.2 Å². The van der Waals surface area contributed by atoms with Gasteiger partial charge in [-0.1, -0.05) is 26.0 Å². The molecule has 1 aromatic rings. The summed E-state index contributed by atoms with van der Waals surface area (Å²) in [5.74, 6) is 1.11. The maximum absolute atomic E-state index is 11.5. The van der Waals surface area contributed by atoms with Crippen LogP contribution in [-0.4, -0.2) is 18.2 Å². The van der Waals surface area contributed by atoms with Crippen LogP contribution in [0.1, 0.15) is 20.3 Å². The zero-order chi connectivity index (χ0) is 12.7. The van der Waals surface area contributed by atoms with E-state index in [0.717, 1.165) is 23.5 Å². The molecule has 0 heterocycles. The smallest absolute Gasteiger partial charge is 0.230 e. The maximum Gasteiger partial charge on any atom is 0.230 e. The van der Waals surface area contributed by atoms with Gasteiger partial charge in [-0.05, 0) is 24.5 Å². The first kappa shape index (κ1) is 13.9. The summed E-state index contributed by atoms with van der Waals surface area (Å²) in [7, 11) is 0. The van der Waals surface area contributed by atoms with Gasteiger partial charge in [0.05, 0.1) is 5.75 Å². The van der Waals surface area contributed by atoms with Crippen molar-refractivity contribution < 1.29 is 4.79 Å². The molecule has 1 aromatic carbocycles. The molecule has 1 rings (SSSR count). The molecule has 17 heavy (non-hydrogen) atoms. The number of thioether (sulfide) groups is 1. The Morgan fingerprint density at radius 3 is 2.76 bits per heavy atom. The highest BCUT2D eigenvalue weighted by Crippen LogP contribution is 2.23. The molecule has 0 aliphatic rings. The highest BCUT2D eigenvalue weighted by atomic mass is 32.2. The Morgan fingerprint density at radius 1 is 1.41 bits per heavy atom. The van der Waals surface area contributed by atoms with E-state index >= 15 is 0 Å². The minimum atomic E-state index is 0.0684. The highest BCUT2D eigenvalue weighted by Gasteiger charge is 2.04.